The third-order valence-electron chi connectivity index (χ3n) is 2.51. The van der Waals surface area contributed by atoms with Gasteiger partial charge >= 0.3 is 10.5 Å². The van der Waals surface area contributed by atoms with E-state index in [0.29, 0.717) is 11.3 Å². The van der Waals surface area contributed by atoms with Crippen LogP contribution in [0.15, 0.2) is 48.5 Å². The van der Waals surface area contributed by atoms with Crippen molar-refractivity contribution in [2.75, 3.05) is 0 Å². The summed E-state index contributed by atoms with van der Waals surface area (Å²) >= 11 is 0. The molecule has 0 aromatic heterocycles. The van der Waals surface area contributed by atoms with Crippen LogP contribution in [-0.4, -0.2) is 8.42 Å². The molecule has 21 heavy (non-hydrogen) atoms. The second kappa shape index (κ2) is 6.24. The lowest BCUT2D eigenvalue weighted by Crippen LogP contribution is -2.01. The average molecular weight is 307 g/mol. The van der Waals surface area contributed by atoms with Gasteiger partial charge in [0.05, 0.1) is 11.6 Å². The molecule has 0 unspecified atom stereocenters. The molecule has 0 saturated carbocycles. The van der Waals surface area contributed by atoms with Gasteiger partial charge in [0.2, 0.25) is 0 Å². The smallest absolute Gasteiger partial charge is 0.488 e. The number of halogens is 1. The molecule has 0 aliphatic rings. The van der Waals surface area contributed by atoms with E-state index in [1.807, 2.05) is 6.07 Å². The van der Waals surface area contributed by atoms with Gasteiger partial charge in [-0.3, -0.25) is 0 Å². The van der Waals surface area contributed by atoms with Crippen LogP contribution in [0.4, 0.5) is 3.89 Å². The van der Waals surface area contributed by atoms with E-state index in [1.165, 1.54) is 24.3 Å². The van der Waals surface area contributed by atoms with Crippen LogP contribution in [0, 0.1) is 11.3 Å². The minimum atomic E-state index is -5.02. The summed E-state index contributed by atoms with van der Waals surface area (Å²) in [7, 11) is -5.02. The van der Waals surface area contributed by atoms with Crippen molar-refractivity contribution in [2.24, 2.45) is 0 Å². The second-order valence-electron chi connectivity index (χ2n) is 4.05. The molecule has 5 nitrogen and oxygen atoms in total. The molecule has 108 valence electrons. The molecule has 0 saturated heterocycles. The number of nitrogens with zero attached hydrogens (tertiary/aromatic N) is 1. The van der Waals surface area contributed by atoms with Crippen molar-refractivity contribution < 1.29 is 21.2 Å². The first kappa shape index (κ1) is 14.8. The van der Waals surface area contributed by atoms with Crippen LogP contribution in [0.2, 0.25) is 0 Å². The SMILES string of the molecule is N#Cc1ccc(COc2ccc(OS(=O)(=O)F)cc2)cc1. The summed E-state index contributed by atoms with van der Waals surface area (Å²) in [5, 5.41) is 8.68. The van der Waals surface area contributed by atoms with E-state index in [2.05, 4.69) is 4.18 Å². The highest BCUT2D eigenvalue weighted by molar-refractivity contribution is 7.81. The van der Waals surface area contributed by atoms with Gasteiger partial charge in [-0.05, 0) is 42.0 Å². The summed E-state index contributed by atoms with van der Waals surface area (Å²) in [5.41, 5.74) is 1.44. The van der Waals surface area contributed by atoms with Crippen molar-refractivity contribution in [1.82, 2.24) is 0 Å². The van der Waals surface area contributed by atoms with Gasteiger partial charge in [0.1, 0.15) is 18.1 Å². The number of ether oxygens (including phenoxy) is 1. The lowest BCUT2D eigenvalue weighted by molar-refractivity contribution is 0.306. The zero-order valence-electron chi connectivity index (χ0n) is 10.7. The fourth-order valence-electron chi connectivity index (χ4n) is 1.55. The average Bonchev–Trinajstić information content (AvgIpc) is 2.45. The van der Waals surface area contributed by atoms with E-state index in [4.69, 9.17) is 10.00 Å². The highest BCUT2D eigenvalue weighted by atomic mass is 32.3. The Kier molecular flexibility index (Phi) is 4.40. The van der Waals surface area contributed by atoms with Crippen LogP contribution in [-0.2, 0) is 17.1 Å². The van der Waals surface area contributed by atoms with E-state index < -0.39 is 10.5 Å². The molecule has 0 radical (unpaired) electrons. The van der Waals surface area contributed by atoms with E-state index in [0.717, 1.165) is 5.56 Å². The number of hydrogen-bond acceptors (Lipinski definition) is 5. The van der Waals surface area contributed by atoms with Crippen molar-refractivity contribution in [3.63, 3.8) is 0 Å². The first-order valence-corrected chi connectivity index (χ1v) is 7.13. The molecule has 2 aromatic carbocycles. The predicted molar refractivity (Wildman–Crippen MR) is 72.6 cm³/mol. The highest BCUT2D eigenvalue weighted by Gasteiger charge is 2.09. The Labute approximate surface area is 121 Å². The molecule has 0 heterocycles. The molecule has 0 aliphatic carbocycles. The normalized spacial score (nSPS) is 10.7. The minimum absolute atomic E-state index is 0.136. The van der Waals surface area contributed by atoms with Gasteiger partial charge in [0.15, 0.2) is 0 Å². The topological polar surface area (TPSA) is 76.4 Å². The Balaban J connectivity index is 1.95. The minimum Gasteiger partial charge on any atom is -0.489 e. The van der Waals surface area contributed by atoms with Crippen molar-refractivity contribution in [3.05, 3.63) is 59.7 Å². The fraction of sp³-hybridized carbons (Fsp3) is 0.0714. The largest absolute Gasteiger partial charge is 0.489 e. The number of benzene rings is 2. The standard InChI is InChI=1S/C14H10FNO4S/c15-21(17,18)20-14-7-5-13(6-8-14)19-10-12-3-1-11(9-16)2-4-12/h1-8H,10H2. The molecule has 7 heteroatoms. The summed E-state index contributed by atoms with van der Waals surface area (Å²) in [6, 6.07) is 14.4. The Hall–Kier alpha value is -2.59. The summed E-state index contributed by atoms with van der Waals surface area (Å²) in [6.07, 6.45) is 0. The summed E-state index contributed by atoms with van der Waals surface area (Å²) in [5.74, 6) is 0.339. The van der Waals surface area contributed by atoms with Crippen LogP contribution in [0.3, 0.4) is 0 Å². The van der Waals surface area contributed by atoms with Gasteiger partial charge in [0, 0.05) is 0 Å². The van der Waals surface area contributed by atoms with Crippen LogP contribution in [0.25, 0.3) is 0 Å². The monoisotopic (exact) mass is 307 g/mol. The summed E-state index contributed by atoms with van der Waals surface area (Å²) < 4.78 is 42.4. The van der Waals surface area contributed by atoms with E-state index >= 15 is 0 Å². The zero-order chi connectivity index (χ0) is 15.3. The Morgan fingerprint density at radius 3 is 2.10 bits per heavy atom. The molecule has 0 bridgehead atoms. The third kappa shape index (κ3) is 4.78. The molecule has 2 rings (SSSR count). The second-order valence-corrected chi connectivity index (χ2v) is 5.00. The summed E-state index contributed by atoms with van der Waals surface area (Å²) in [4.78, 5) is 0. The maximum atomic E-state index is 12.3. The van der Waals surface area contributed by atoms with Crippen LogP contribution < -0.4 is 8.92 Å². The van der Waals surface area contributed by atoms with Gasteiger partial charge in [-0.1, -0.05) is 16.0 Å². The Morgan fingerprint density at radius 1 is 1.00 bits per heavy atom. The van der Waals surface area contributed by atoms with Gasteiger partial charge in [-0.15, -0.1) is 0 Å². The van der Waals surface area contributed by atoms with Crippen molar-refractivity contribution in [3.8, 4) is 17.6 Å². The van der Waals surface area contributed by atoms with Gasteiger partial charge in [-0.2, -0.15) is 13.7 Å². The maximum Gasteiger partial charge on any atom is 0.488 e. The molecule has 0 N–H and O–H groups in total. The molecule has 0 atom stereocenters. The van der Waals surface area contributed by atoms with Gasteiger partial charge in [-0.25, -0.2) is 0 Å². The molecule has 0 fully saturated rings. The fourth-order valence-corrected chi connectivity index (χ4v) is 1.89. The molecule has 0 amide bonds. The van der Waals surface area contributed by atoms with Gasteiger partial charge in [0.25, 0.3) is 0 Å². The van der Waals surface area contributed by atoms with Crippen LogP contribution in [0.5, 0.6) is 11.5 Å². The summed E-state index contributed by atoms with van der Waals surface area (Å²) in [6.45, 7) is 0.285. The van der Waals surface area contributed by atoms with Crippen LogP contribution in [0.1, 0.15) is 11.1 Å². The molecule has 0 aliphatic heterocycles. The quantitative estimate of drug-likeness (QED) is 0.794. The van der Waals surface area contributed by atoms with Crippen molar-refractivity contribution in [1.29, 1.82) is 5.26 Å². The van der Waals surface area contributed by atoms with E-state index in [9.17, 15) is 12.3 Å². The molecule has 0 spiro atoms. The third-order valence-corrected chi connectivity index (χ3v) is 2.90. The van der Waals surface area contributed by atoms with Crippen LogP contribution >= 0.6 is 0 Å². The molecular formula is C14H10FNO4S. The predicted octanol–water partition coefficient (Wildman–Crippen LogP) is 2.73. The Bertz CT molecular complexity index is 749. The number of rotatable bonds is 5. The highest BCUT2D eigenvalue weighted by Crippen LogP contribution is 2.20. The van der Waals surface area contributed by atoms with Crippen molar-refractivity contribution in [2.45, 2.75) is 6.61 Å². The zero-order valence-corrected chi connectivity index (χ0v) is 11.5. The first-order valence-electron chi connectivity index (χ1n) is 5.82. The van der Waals surface area contributed by atoms with Crippen molar-refractivity contribution >= 4 is 10.5 Å². The van der Waals surface area contributed by atoms with E-state index in [1.54, 1.807) is 24.3 Å². The molecule has 2 aromatic rings. The lowest BCUT2D eigenvalue weighted by atomic mass is 10.2. The first-order chi connectivity index (χ1) is 9.96. The van der Waals surface area contributed by atoms with E-state index in [-0.39, 0.29) is 12.4 Å². The number of nitriles is 1. The molecular weight excluding hydrogens is 297 g/mol. The van der Waals surface area contributed by atoms with Gasteiger partial charge < -0.3 is 8.92 Å². The maximum absolute atomic E-state index is 12.3. The lowest BCUT2D eigenvalue weighted by Gasteiger charge is -2.07. The number of hydrogen-bond donors (Lipinski definition) is 0. The Morgan fingerprint density at radius 2 is 1.57 bits per heavy atom.